The SMILES string of the molecule is CCOP(=O)(OCC)[C@H](CCCCl)c1ccccc1. The maximum Gasteiger partial charge on any atom is 0.338 e. The van der Waals surface area contributed by atoms with Crippen molar-refractivity contribution in [1.82, 2.24) is 0 Å². The van der Waals surface area contributed by atoms with Gasteiger partial charge in [-0.25, -0.2) is 0 Å². The van der Waals surface area contributed by atoms with Crippen molar-refractivity contribution in [3.63, 3.8) is 0 Å². The molecule has 108 valence electrons. The van der Waals surface area contributed by atoms with Gasteiger partial charge in [-0.15, -0.1) is 11.6 Å². The highest BCUT2D eigenvalue weighted by atomic mass is 35.5. The van der Waals surface area contributed by atoms with Gasteiger partial charge in [0.15, 0.2) is 0 Å². The van der Waals surface area contributed by atoms with E-state index in [0.717, 1.165) is 12.0 Å². The Balaban J connectivity index is 3.03. The van der Waals surface area contributed by atoms with Crippen molar-refractivity contribution in [2.75, 3.05) is 19.1 Å². The second-order valence-electron chi connectivity index (χ2n) is 4.13. The van der Waals surface area contributed by atoms with Gasteiger partial charge in [-0.1, -0.05) is 30.3 Å². The first-order chi connectivity index (χ1) is 9.18. The third kappa shape index (κ3) is 4.92. The van der Waals surface area contributed by atoms with Crippen LogP contribution in [0.25, 0.3) is 0 Å². The lowest BCUT2D eigenvalue weighted by molar-refractivity contribution is 0.210. The maximum atomic E-state index is 12.9. The van der Waals surface area contributed by atoms with E-state index in [9.17, 15) is 4.57 Å². The average Bonchev–Trinajstić information content (AvgIpc) is 2.41. The summed E-state index contributed by atoms with van der Waals surface area (Å²) in [6, 6.07) is 9.73. The molecule has 0 heterocycles. The van der Waals surface area contributed by atoms with Crippen LogP contribution in [0.2, 0.25) is 0 Å². The third-order valence-electron chi connectivity index (χ3n) is 2.80. The van der Waals surface area contributed by atoms with Crippen molar-refractivity contribution in [3.05, 3.63) is 35.9 Å². The highest BCUT2D eigenvalue weighted by Gasteiger charge is 2.36. The standard InChI is InChI=1S/C14H22ClO3P/c1-3-17-19(16,18-4-2)14(11-8-12-15)13-9-6-5-7-10-13/h5-7,9-10,14H,3-4,8,11-12H2,1-2H3/t14-/m1/s1. The van der Waals surface area contributed by atoms with Crippen LogP contribution in [0.3, 0.4) is 0 Å². The van der Waals surface area contributed by atoms with Gasteiger partial charge in [-0.3, -0.25) is 4.57 Å². The summed E-state index contributed by atoms with van der Waals surface area (Å²) in [7, 11) is -3.14. The van der Waals surface area contributed by atoms with Crippen LogP contribution in [0.5, 0.6) is 0 Å². The monoisotopic (exact) mass is 304 g/mol. The van der Waals surface area contributed by atoms with Crippen molar-refractivity contribution < 1.29 is 13.6 Å². The van der Waals surface area contributed by atoms with Crippen LogP contribution in [0.15, 0.2) is 30.3 Å². The average molecular weight is 305 g/mol. The summed E-state index contributed by atoms with van der Waals surface area (Å²) >= 11 is 5.77. The van der Waals surface area contributed by atoms with Crippen molar-refractivity contribution in [1.29, 1.82) is 0 Å². The van der Waals surface area contributed by atoms with Crippen molar-refractivity contribution in [3.8, 4) is 0 Å². The smallest absolute Gasteiger partial charge is 0.308 e. The molecule has 0 aliphatic rings. The zero-order valence-electron chi connectivity index (χ0n) is 11.5. The van der Waals surface area contributed by atoms with Crippen LogP contribution in [-0.2, 0) is 13.6 Å². The van der Waals surface area contributed by atoms with Gasteiger partial charge < -0.3 is 9.05 Å². The summed E-state index contributed by atoms with van der Waals surface area (Å²) in [5.74, 6) is 0.543. The van der Waals surface area contributed by atoms with E-state index < -0.39 is 7.60 Å². The Labute approximate surface area is 120 Å². The zero-order valence-corrected chi connectivity index (χ0v) is 13.2. The molecular formula is C14H22ClO3P. The molecule has 0 aliphatic heterocycles. The minimum Gasteiger partial charge on any atom is -0.308 e. The molecule has 0 amide bonds. The molecule has 0 aliphatic carbocycles. The van der Waals surface area contributed by atoms with E-state index in [-0.39, 0.29) is 5.66 Å². The van der Waals surface area contributed by atoms with Gasteiger partial charge in [0.05, 0.1) is 18.9 Å². The highest BCUT2D eigenvalue weighted by Crippen LogP contribution is 2.62. The molecule has 1 atom stereocenters. The van der Waals surface area contributed by atoms with Gasteiger partial charge in [-0.2, -0.15) is 0 Å². The molecule has 0 saturated heterocycles. The second kappa shape index (κ2) is 8.76. The molecule has 1 aromatic carbocycles. The fourth-order valence-electron chi connectivity index (χ4n) is 2.03. The Morgan fingerprint density at radius 2 is 1.74 bits per heavy atom. The van der Waals surface area contributed by atoms with Crippen LogP contribution in [-0.4, -0.2) is 19.1 Å². The number of rotatable bonds is 9. The lowest BCUT2D eigenvalue weighted by Crippen LogP contribution is -2.07. The number of benzene rings is 1. The molecule has 0 fully saturated rings. The molecule has 0 radical (unpaired) electrons. The fourth-order valence-corrected chi connectivity index (χ4v) is 4.37. The molecule has 0 bridgehead atoms. The van der Waals surface area contributed by atoms with Crippen LogP contribution >= 0.6 is 19.2 Å². The highest BCUT2D eigenvalue weighted by molar-refractivity contribution is 7.54. The molecular weight excluding hydrogens is 283 g/mol. The maximum absolute atomic E-state index is 12.9. The van der Waals surface area contributed by atoms with Crippen LogP contribution in [0, 0.1) is 0 Å². The van der Waals surface area contributed by atoms with Crippen LogP contribution < -0.4 is 0 Å². The Kier molecular flexibility index (Phi) is 7.70. The molecule has 0 aromatic heterocycles. The van der Waals surface area contributed by atoms with E-state index in [1.807, 2.05) is 44.2 Å². The Hall–Kier alpha value is -0.340. The molecule has 5 heteroatoms. The Morgan fingerprint density at radius 1 is 1.16 bits per heavy atom. The lowest BCUT2D eigenvalue weighted by Gasteiger charge is -2.26. The Morgan fingerprint density at radius 3 is 2.21 bits per heavy atom. The van der Waals surface area contributed by atoms with E-state index in [0.29, 0.717) is 25.5 Å². The van der Waals surface area contributed by atoms with Crippen LogP contribution in [0.4, 0.5) is 0 Å². The molecule has 1 rings (SSSR count). The molecule has 0 spiro atoms. The predicted molar refractivity (Wildman–Crippen MR) is 80.0 cm³/mol. The number of alkyl halides is 1. The molecule has 0 N–H and O–H groups in total. The minimum absolute atomic E-state index is 0.243. The van der Waals surface area contributed by atoms with Gasteiger partial charge in [0.2, 0.25) is 0 Å². The second-order valence-corrected chi connectivity index (χ2v) is 6.73. The molecule has 0 saturated carbocycles. The summed E-state index contributed by atoms with van der Waals surface area (Å²) in [6.07, 6.45) is 1.48. The topological polar surface area (TPSA) is 35.5 Å². The molecule has 1 aromatic rings. The number of hydrogen-bond acceptors (Lipinski definition) is 3. The van der Waals surface area contributed by atoms with Gasteiger partial charge in [0, 0.05) is 5.88 Å². The summed E-state index contributed by atoms with van der Waals surface area (Å²) in [6.45, 7) is 4.41. The normalized spacial score (nSPS) is 13.4. The molecule has 3 nitrogen and oxygen atoms in total. The van der Waals surface area contributed by atoms with E-state index >= 15 is 0 Å². The first kappa shape index (κ1) is 16.7. The third-order valence-corrected chi connectivity index (χ3v) is 5.62. The van der Waals surface area contributed by atoms with Crippen molar-refractivity contribution in [2.45, 2.75) is 32.3 Å². The Bertz CT molecular complexity index is 387. The van der Waals surface area contributed by atoms with E-state index in [4.69, 9.17) is 20.6 Å². The van der Waals surface area contributed by atoms with Gasteiger partial charge in [0.25, 0.3) is 0 Å². The molecule has 19 heavy (non-hydrogen) atoms. The van der Waals surface area contributed by atoms with E-state index in [2.05, 4.69) is 0 Å². The predicted octanol–water partition coefficient (Wildman–Crippen LogP) is 5.01. The number of hydrogen-bond donors (Lipinski definition) is 0. The van der Waals surface area contributed by atoms with Crippen molar-refractivity contribution in [2.24, 2.45) is 0 Å². The first-order valence-corrected chi connectivity index (χ1v) is 8.82. The van der Waals surface area contributed by atoms with Crippen LogP contribution in [0.1, 0.15) is 37.9 Å². The first-order valence-electron chi connectivity index (χ1n) is 6.67. The summed E-state index contributed by atoms with van der Waals surface area (Å²) < 4.78 is 23.9. The van der Waals surface area contributed by atoms with Crippen molar-refractivity contribution >= 4 is 19.2 Å². The van der Waals surface area contributed by atoms with Gasteiger partial charge in [0.1, 0.15) is 0 Å². The lowest BCUT2D eigenvalue weighted by atomic mass is 10.1. The number of halogens is 1. The summed E-state index contributed by atoms with van der Waals surface area (Å²) in [5, 5.41) is 0. The fraction of sp³-hybridized carbons (Fsp3) is 0.571. The van der Waals surface area contributed by atoms with E-state index in [1.165, 1.54) is 0 Å². The summed E-state index contributed by atoms with van der Waals surface area (Å²) in [5.41, 5.74) is 0.741. The quantitative estimate of drug-likeness (QED) is 0.475. The largest absolute Gasteiger partial charge is 0.338 e. The van der Waals surface area contributed by atoms with E-state index in [1.54, 1.807) is 0 Å². The van der Waals surface area contributed by atoms with Gasteiger partial charge >= 0.3 is 7.60 Å². The minimum atomic E-state index is -3.14. The zero-order chi connectivity index (χ0) is 14.1. The van der Waals surface area contributed by atoms with Gasteiger partial charge in [-0.05, 0) is 32.3 Å². The molecule has 0 unspecified atom stereocenters. The summed E-state index contributed by atoms with van der Waals surface area (Å²) in [4.78, 5) is 0.